The number of carbonyl (C=O) groups excluding carboxylic acids is 2. The molecule has 0 saturated carbocycles. The van der Waals surface area contributed by atoms with Crippen molar-refractivity contribution in [3.8, 4) is 0 Å². The molecule has 1 amide bonds. The predicted molar refractivity (Wildman–Crippen MR) is 59.6 cm³/mol. The molecule has 0 aromatic rings. The van der Waals surface area contributed by atoms with Crippen molar-refractivity contribution < 1.29 is 9.59 Å². The van der Waals surface area contributed by atoms with E-state index >= 15 is 0 Å². The lowest BCUT2D eigenvalue weighted by Gasteiger charge is -2.44. The van der Waals surface area contributed by atoms with Gasteiger partial charge in [-0.1, -0.05) is 20.8 Å². The lowest BCUT2D eigenvalue weighted by atomic mass is 9.85. The van der Waals surface area contributed by atoms with Crippen LogP contribution in [0, 0.1) is 0 Å². The van der Waals surface area contributed by atoms with Crippen molar-refractivity contribution >= 4 is 11.7 Å². The third-order valence-electron chi connectivity index (χ3n) is 3.81. The summed E-state index contributed by atoms with van der Waals surface area (Å²) in [7, 11) is 0. The van der Waals surface area contributed by atoms with Crippen LogP contribution in [-0.2, 0) is 9.59 Å². The number of Topliss-reactive ketones (excluding diaryl/α,β-unsaturated/α-hetero) is 1. The Hall–Kier alpha value is -0.860. The van der Waals surface area contributed by atoms with E-state index in [1.807, 2.05) is 4.90 Å². The van der Waals surface area contributed by atoms with Gasteiger partial charge in [0.15, 0.2) is 0 Å². The van der Waals surface area contributed by atoms with Crippen molar-refractivity contribution in [1.29, 1.82) is 0 Å². The van der Waals surface area contributed by atoms with Gasteiger partial charge in [0.1, 0.15) is 5.78 Å². The average Bonchev–Trinajstić information content (AvgIpc) is 2.23. The Morgan fingerprint density at radius 3 is 2.07 bits per heavy atom. The molecule has 0 radical (unpaired) electrons. The Labute approximate surface area is 91.8 Å². The summed E-state index contributed by atoms with van der Waals surface area (Å²) in [5, 5.41) is 0. The van der Waals surface area contributed by atoms with Crippen LogP contribution in [0.5, 0.6) is 0 Å². The van der Waals surface area contributed by atoms with Crippen molar-refractivity contribution in [2.75, 3.05) is 6.54 Å². The van der Waals surface area contributed by atoms with Crippen LogP contribution in [0.15, 0.2) is 0 Å². The summed E-state index contributed by atoms with van der Waals surface area (Å²) in [5.41, 5.74) is -0.0161. The smallest absolute Gasteiger partial charge is 0.230 e. The van der Waals surface area contributed by atoms with Gasteiger partial charge in [-0.15, -0.1) is 0 Å². The molecule has 0 aromatic carbocycles. The van der Waals surface area contributed by atoms with E-state index < -0.39 is 0 Å². The second-order valence-electron chi connectivity index (χ2n) is 4.30. The first kappa shape index (κ1) is 12.2. The zero-order chi connectivity index (χ0) is 11.5. The van der Waals surface area contributed by atoms with Crippen molar-refractivity contribution in [2.24, 2.45) is 0 Å². The minimum Gasteiger partial charge on any atom is -0.336 e. The fourth-order valence-corrected chi connectivity index (χ4v) is 2.54. The van der Waals surface area contributed by atoms with Crippen LogP contribution in [-0.4, -0.2) is 28.7 Å². The zero-order valence-electron chi connectivity index (χ0n) is 10.0. The Balaban J connectivity index is 2.84. The number of hydrogen-bond donors (Lipinski definition) is 0. The normalized spacial score (nSPS) is 18.5. The molecule has 3 nitrogen and oxygen atoms in total. The van der Waals surface area contributed by atoms with Gasteiger partial charge >= 0.3 is 0 Å². The molecule has 1 rings (SSSR count). The fraction of sp³-hybridized carbons (Fsp3) is 0.833. The molecule has 0 aromatic heterocycles. The van der Waals surface area contributed by atoms with Crippen molar-refractivity contribution in [3.05, 3.63) is 0 Å². The highest BCUT2D eigenvalue weighted by molar-refractivity contribution is 6.00. The van der Waals surface area contributed by atoms with Gasteiger partial charge in [-0.05, 0) is 19.3 Å². The van der Waals surface area contributed by atoms with Crippen molar-refractivity contribution in [2.45, 2.75) is 58.4 Å². The van der Waals surface area contributed by atoms with Gasteiger partial charge in [0.25, 0.3) is 0 Å². The lowest BCUT2D eigenvalue weighted by Crippen LogP contribution is -2.54. The molecule has 86 valence electrons. The maximum atomic E-state index is 11.8. The minimum atomic E-state index is -0.0161. The second-order valence-corrected chi connectivity index (χ2v) is 4.30. The summed E-state index contributed by atoms with van der Waals surface area (Å²) in [6, 6.07) is 0. The lowest BCUT2D eigenvalue weighted by molar-refractivity contribution is -0.146. The largest absolute Gasteiger partial charge is 0.336 e. The number of likely N-dealkylation sites (tertiary alicyclic amines) is 1. The molecule has 1 fully saturated rings. The molecule has 0 unspecified atom stereocenters. The maximum absolute atomic E-state index is 11.8. The number of nitrogens with zero attached hydrogens (tertiary/aromatic N) is 1. The summed E-state index contributed by atoms with van der Waals surface area (Å²) in [6.07, 6.45) is 3.56. The van der Waals surface area contributed by atoms with Crippen LogP contribution in [0.25, 0.3) is 0 Å². The van der Waals surface area contributed by atoms with Crippen LogP contribution in [0.4, 0.5) is 0 Å². The molecule has 0 spiro atoms. The third-order valence-corrected chi connectivity index (χ3v) is 3.81. The molecule has 1 aliphatic heterocycles. The van der Waals surface area contributed by atoms with Gasteiger partial charge in [-0.3, -0.25) is 9.59 Å². The molecule has 0 atom stereocenters. The zero-order valence-corrected chi connectivity index (χ0v) is 10.0. The third kappa shape index (κ3) is 2.21. The summed E-state index contributed by atoms with van der Waals surface area (Å²) < 4.78 is 0. The second kappa shape index (κ2) is 4.77. The molecule has 1 heterocycles. The average molecular weight is 211 g/mol. The van der Waals surface area contributed by atoms with Crippen LogP contribution < -0.4 is 0 Å². The number of carbonyl (C=O) groups is 2. The maximum Gasteiger partial charge on any atom is 0.230 e. The van der Waals surface area contributed by atoms with Crippen LogP contribution in [0.1, 0.15) is 52.9 Å². The Morgan fingerprint density at radius 2 is 1.67 bits per heavy atom. The van der Waals surface area contributed by atoms with Gasteiger partial charge in [0, 0.05) is 18.5 Å². The summed E-state index contributed by atoms with van der Waals surface area (Å²) >= 11 is 0. The standard InChI is InChI=1S/C12H21NO2/c1-4-12(5-2,6-3)13-8-7-10(14)9-11(13)15/h4-9H2,1-3H3. The Morgan fingerprint density at radius 1 is 1.13 bits per heavy atom. The molecular formula is C12H21NO2. The van der Waals surface area contributed by atoms with Gasteiger partial charge in [-0.2, -0.15) is 0 Å². The highest BCUT2D eigenvalue weighted by Crippen LogP contribution is 2.30. The minimum absolute atomic E-state index is 0.0161. The quantitative estimate of drug-likeness (QED) is 0.668. The fourth-order valence-electron chi connectivity index (χ4n) is 2.54. The summed E-state index contributed by atoms with van der Waals surface area (Å²) in [6.45, 7) is 6.98. The van der Waals surface area contributed by atoms with E-state index in [9.17, 15) is 9.59 Å². The molecular weight excluding hydrogens is 190 g/mol. The first-order valence-corrected chi connectivity index (χ1v) is 5.91. The highest BCUT2D eigenvalue weighted by Gasteiger charge is 2.37. The van der Waals surface area contributed by atoms with Crippen LogP contribution >= 0.6 is 0 Å². The van der Waals surface area contributed by atoms with E-state index in [2.05, 4.69) is 20.8 Å². The highest BCUT2D eigenvalue weighted by atomic mass is 16.2. The van der Waals surface area contributed by atoms with E-state index in [0.29, 0.717) is 13.0 Å². The Kier molecular flexibility index (Phi) is 3.89. The molecule has 0 bridgehead atoms. The Bertz CT molecular complexity index is 248. The monoisotopic (exact) mass is 211 g/mol. The van der Waals surface area contributed by atoms with Crippen molar-refractivity contribution in [3.63, 3.8) is 0 Å². The van der Waals surface area contributed by atoms with Gasteiger partial charge < -0.3 is 4.90 Å². The molecule has 0 aliphatic carbocycles. The van der Waals surface area contributed by atoms with Crippen LogP contribution in [0.3, 0.4) is 0 Å². The van der Waals surface area contributed by atoms with Crippen molar-refractivity contribution in [1.82, 2.24) is 4.90 Å². The predicted octanol–water partition coefficient (Wildman–Crippen LogP) is 2.15. The number of rotatable bonds is 4. The first-order chi connectivity index (χ1) is 7.09. The topological polar surface area (TPSA) is 37.4 Å². The van der Waals surface area contributed by atoms with E-state index in [0.717, 1.165) is 19.3 Å². The van der Waals surface area contributed by atoms with E-state index in [1.165, 1.54) is 0 Å². The van der Waals surface area contributed by atoms with E-state index in [-0.39, 0.29) is 23.7 Å². The van der Waals surface area contributed by atoms with Gasteiger partial charge in [0.2, 0.25) is 5.91 Å². The molecule has 0 N–H and O–H groups in total. The molecule has 1 aliphatic rings. The number of ketones is 1. The van der Waals surface area contributed by atoms with Gasteiger partial charge in [-0.25, -0.2) is 0 Å². The summed E-state index contributed by atoms with van der Waals surface area (Å²) in [5.74, 6) is 0.116. The summed E-state index contributed by atoms with van der Waals surface area (Å²) in [4.78, 5) is 24.9. The van der Waals surface area contributed by atoms with Gasteiger partial charge in [0.05, 0.1) is 6.42 Å². The molecule has 15 heavy (non-hydrogen) atoms. The SMILES string of the molecule is CCC(CC)(CC)N1CCC(=O)CC1=O. The molecule has 1 saturated heterocycles. The molecule has 3 heteroatoms. The van der Waals surface area contributed by atoms with Crippen LogP contribution in [0.2, 0.25) is 0 Å². The first-order valence-electron chi connectivity index (χ1n) is 5.91. The number of amides is 1. The van der Waals surface area contributed by atoms with E-state index in [4.69, 9.17) is 0 Å². The van der Waals surface area contributed by atoms with E-state index in [1.54, 1.807) is 0 Å². The number of hydrogen-bond acceptors (Lipinski definition) is 2. The number of piperidine rings is 1.